The van der Waals surface area contributed by atoms with Gasteiger partial charge in [0.15, 0.2) is 5.78 Å². The fraction of sp³-hybridized carbons (Fsp3) is 0.353. The minimum absolute atomic E-state index is 0.0714. The molecule has 1 saturated carbocycles. The molecular formula is C17H15NO3. The number of nitrogens with zero attached hydrogens (tertiary/aromatic N) is 1. The Kier molecular flexibility index (Phi) is 2.46. The molecule has 1 heterocycles. The molecule has 2 aliphatic carbocycles. The number of amides is 2. The van der Waals surface area contributed by atoms with E-state index in [0.717, 1.165) is 6.42 Å². The van der Waals surface area contributed by atoms with Gasteiger partial charge < -0.3 is 0 Å². The van der Waals surface area contributed by atoms with Crippen LogP contribution in [0.1, 0.15) is 23.7 Å². The summed E-state index contributed by atoms with van der Waals surface area (Å²) in [5, 5.41) is 0. The Morgan fingerprint density at radius 3 is 2.29 bits per heavy atom. The first-order valence-corrected chi connectivity index (χ1v) is 7.25. The molecule has 0 N–H and O–H groups in total. The van der Waals surface area contributed by atoms with E-state index in [9.17, 15) is 14.4 Å². The quantitative estimate of drug-likeness (QED) is 0.474. The first kappa shape index (κ1) is 12.5. The topological polar surface area (TPSA) is 54.5 Å². The molecule has 0 spiro atoms. The minimum atomic E-state index is -0.200. The summed E-state index contributed by atoms with van der Waals surface area (Å²) in [6, 6.07) is 6.77. The second kappa shape index (κ2) is 4.13. The van der Waals surface area contributed by atoms with Crippen LogP contribution in [0.3, 0.4) is 0 Å². The summed E-state index contributed by atoms with van der Waals surface area (Å²) in [5.41, 5.74) is 1.04. The molecule has 4 nitrogen and oxygen atoms in total. The number of Topliss-reactive ketones (excluding diaryl/α,β-unsaturated/α-hetero) is 1. The van der Waals surface area contributed by atoms with Gasteiger partial charge in [0.1, 0.15) is 0 Å². The number of imide groups is 1. The lowest BCUT2D eigenvalue weighted by Crippen LogP contribution is -2.32. The van der Waals surface area contributed by atoms with Gasteiger partial charge in [-0.2, -0.15) is 0 Å². The van der Waals surface area contributed by atoms with Crippen molar-refractivity contribution in [2.75, 3.05) is 4.90 Å². The summed E-state index contributed by atoms with van der Waals surface area (Å²) < 4.78 is 0. The zero-order valence-corrected chi connectivity index (χ0v) is 11.7. The third kappa shape index (κ3) is 1.59. The van der Waals surface area contributed by atoms with Crippen molar-refractivity contribution in [2.45, 2.75) is 13.3 Å². The van der Waals surface area contributed by atoms with E-state index in [4.69, 9.17) is 0 Å². The van der Waals surface area contributed by atoms with Crippen LogP contribution in [0.5, 0.6) is 0 Å². The maximum absolute atomic E-state index is 12.7. The van der Waals surface area contributed by atoms with E-state index in [1.54, 1.807) is 24.3 Å². The fourth-order valence-electron chi connectivity index (χ4n) is 4.02. The van der Waals surface area contributed by atoms with E-state index in [2.05, 4.69) is 12.2 Å². The molecule has 1 saturated heterocycles. The van der Waals surface area contributed by atoms with Gasteiger partial charge in [0.05, 0.1) is 17.5 Å². The van der Waals surface area contributed by atoms with Crippen molar-refractivity contribution in [1.82, 2.24) is 0 Å². The summed E-state index contributed by atoms with van der Waals surface area (Å²) >= 11 is 0. The number of allylic oxidation sites excluding steroid dienone is 2. The van der Waals surface area contributed by atoms with Crippen LogP contribution in [0.4, 0.5) is 5.69 Å². The predicted molar refractivity (Wildman–Crippen MR) is 76.7 cm³/mol. The summed E-state index contributed by atoms with van der Waals surface area (Å²) in [5.74, 6) is -0.278. The highest BCUT2D eigenvalue weighted by Crippen LogP contribution is 2.53. The molecule has 2 bridgehead atoms. The van der Waals surface area contributed by atoms with Crippen LogP contribution < -0.4 is 4.90 Å². The first-order valence-electron chi connectivity index (χ1n) is 7.25. The van der Waals surface area contributed by atoms with Crippen LogP contribution in [0, 0.1) is 23.7 Å². The third-order valence-corrected chi connectivity index (χ3v) is 4.98. The monoisotopic (exact) mass is 281 g/mol. The van der Waals surface area contributed by atoms with Gasteiger partial charge in [0, 0.05) is 5.56 Å². The van der Waals surface area contributed by atoms with E-state index in [0.29, 0.717) is 11.3 Å². The Labute approximate surface area is 122 Å². The SMILES string of the molecule is CC(=O)c1cccc(N2C(=O)[C@@H]3[C@H](C2=O)[C@H]2C=C[C@H]3C2)c1. The Balaban J connectivity index is 1.74. The largest absolute Gasteiger partial charge is 0.295 e. The van der Waals surface area contributed by atoms with Gasteiger partial charge in [0.25, 0.3) is 0 Å². The zero-order valence-electron chi connectivity index (χ0n) is 11.7. The Bertz CT molecular complexity index is 676. The molecule has 2 fully saturated rings. The van der Waals surface area contributed by atoms with Crippen molar-refractivity contribution in [3.8, 4) is 0 Å². The van der Waals surface area contributed by atoms with Crippen molar-refractivity contribution in [2.24, 2.45) is 23.7 Å². The molecule has 1 aliphatic heterocycles. The molecule has 0 aromatic heterocycles. The number of benzene rings is 1. The maximum Gasteiger partial charge on any atom is 0.238 e. The lowest BCUT2D eigenvalue weighted by atomic mass is 9.85. The Morgan fingerprint density at radius 2 is 1.71 bits per heavy atom. The molecule has 0 radical (unpaired) electrons. The van der Waals surface area contributed by atoms with E-state index in [-0.39, 0.29) is 41.3 Å². The molecule has 4 rings (SSSR count). The number of rotatable bonds is 2. The van der Waals surface area contributed by atoms with Crippen molar-refractivity contribution in [1.29, 1.82) is 0 Å². The normalized spacial score (nSPS) is 32.9. The number of fused-ring (bicyclic) bond motifs is 5. The molecule has 21 heavy (non-hydrogen) atoms. The molecule has 1 aromatic rings. The molecule has 4 atom stereocenters. The minimum Gasteiger partial charge on any atom is -0.295 e. The Morgan fingerprint density at radius 1 is 1.10 bits per heavy atom. The van der Waals surface area contributed by atoms with Crippen LogP contribution >= 0.6 is 0 Å². The summed E-state index contributed by atoms with van der Waals surface area (Å²) in [4.78, 5) is 38.1. The van der Waals surface area contributed by atoms with Gasteiger partial charge in [-0.15, -0.1) is 0 Å². The van der Waals surface area contributed by atoms with Gasteiger partial charge >= 0.3 is 0 Å². The van der Waals surface area contributed by atoms with E-state index >= 15 is 0 Å². The average Bonchev–Trinajstić information content (AvgIpc) is 3.13. The highest BCUT2D eigenvalue weighted by atomic mass is 16.2. The van der Waals surface area contributed by atoms with Crippen molar-refractivity contribution in [3.63, 3.8) is 0 Å². The molecule has 0 unspecified atom stereocenters. The number of ketones is 1. The van der Waals surface area contributed by atoms with Crippen molar-refractivity contribution >= 4 is 23.3 Å². The first-order chi connectivity index (χ1) is 10.1. The molecule has 106 valence electrons. The number of anilines is 1. The lowest BCUT2D eigenvalue weighted by Gasteiger charge is -2.17. The van der Waals surface area contributed by atoms with Crippen LogP contribution in [0.2, 0.25) is 0 Å². The second-order valence-corrected chi connectivity index (χ2v) is 6.12. The van der Waals surface area contributed by atoms with Crippen LogP contribution in [-0.4, -0.2) is 17.6 Å². The zero-order chi connectivity index (χ0) is 14.7. The van der Waals surface area contributed by atoms with E-state index in [1.807, 2.05) is 0 Å². The van der Waals surface area contributed by atoms with Gasteiger partial charge in [-0.3, -0.25) is 14.4 Å². The molecule has 1 aromatic carbocycles. The highest BCUT2D eigenvalue weighted by Gasteiger charge is 2.59. The lowest BCUT2D eigenvalue weighted by molar-refractivity contribution is -0.123. The summed E-state index contributed by atoms with van der Waals surface area (Å²) in [7, 11) is 0. The van der Waals surface area contributed by atoms with Crippen LogP contribution in [0.25, 0.3) is 0 Å². The number of carbonyl (C=O) groups excluding carboxylic acids is 3. The molecule has 3 aliphatic rings. The number of hydrogen-bond acceptors (Lipinski definition) is 3. The maximum atomic E-state index is 12.7. The fourth-order valence-corrected chi connectivity index (χ4v) is 4.02. The van der Waals surface area contributed by atoms with Crippen LogP contribution in [0.15, 0.2) is 36.4 Å². The predicted octanol–water partition coefficient (Wildman–Crippen LogP) is 2.20. The third-order valence-electron chi connectivity index (χ3n) is 4.98. The van der Waals surface area contributed by atoms with E-state index in [1.165, 1.54) is 11.8 Å². The van der Waals surface area contributed by atoms with Crippen molar-refractivity contribution in [3.05, 3.63) is 42.0 Å². The van der Waals surface area contributed by atoms with Crippen molar-refractivity contribution < 1.29 is 14.4 Å². The van der Waals surface area contributed by atoms with Gasteiger partial charge in [-0.05, 0) is 37.3 Å². The van der Waals surface area contributed by atoms with Gasteiger partial charge in [-0.25, -0.2) is 4.90 Å². The molecular weight excluding hydrogens is 266 g/mol. The second-order valence-electron chi connectivity index (χ2n) is 6.12. The van der Waals surface area contributed by atoms with Gasteiger partial charge in [-0.1, -0.05) is 24.3 Å². The van der Waals surface area contributed by atoms with Gasteiger partial charge in [0.2, 0.25) is 11.8 Å². The van der Waals surface area contributed by atoms with Crippen LogP contribution in [-0.2, 0) is 9.59 Å². The standard InChI is InChI=1S/C17H15NO3/c1-9(19)10-3-2-4-13(8-10)18-16(20)14-11-5-6-12(7-11)15(14)17(18)21/h2-6,8,11-12,14-15H,7H2,1H3/t11-,12-,14-,15+/m0/s1. The van der Waals surface area contributed by atoms with E-state index < -0.39 is 0 Å². The summed E-state index contributed by atoms with van der Waals surface area (Å²) in [6.45, 7) is 1.48. The molecule has 2 amide bonds. The number of carbonyl (C=O) groups is 3. The molecule has 4 heteroatoms. The highest BCUT2D eigenvalue weighted by molar-refractivity contribution is 6.23. The Hall–Kier alpha value is -2.23. The number of hydrogen-bond donors (Lipinski definition) is 0. The average molecular weight is 281 g/mol. The smallest absolute Gasteiger partial charge is 0.238 e. The summed E-state index contributed by atoms with van der Waals surface area (Å²) in [6.07, 6.45) is 5.08.